The average Bonchev–Trinajstić information content (AvgIpc) is 2.75. The maximum atomic E-state index is 5.29. The van der Waals surface area contributed by atoms with Crippen LogP contribution in [0.2, 0.25) is 0 Å². The van der Waals surface area contributed by atoms with Crippen molar-refractivity contribution in [3.05, 3.63) is 23.6 Å². The van der Waals surface area contributed by atoms with Crippen LogP contribution in [0.3, 0.4) is 0 Å². The highest BCUT2D eigenvalue weighted by atomic mass is 32.1. The van der Waals surface area contributed by atoms with Crippen LogP contribution in [0.1, 0.15) is 0 Å². The lowest BCUT2D eigenvalue weighted by molar-refractivity contribution is 0.404. The number of thiazole rings is 1. The normalized spacial score (nSPS) is 10.2. The molecule has 1 aromatic carbocycles. The van der Waals surface area contributed by atoms with Crippen molar-refractivity contribution in [3.63, 3.8) is 0 Å². The van der Waals surface area contributed by atoms with E-state index in [9.17, 15) is 0 Å². The molecule has 2 rings (SSSR count). The molecule has 0 bridgehead atoms. The number of nitrogens with zero attached hydrogens (tertiary/aromatic N) is 1. The molecule has 5 heteroatoms. The van der Waals surface area contributed by atoms with Crippen LogP contribution in [0.5, 0.6) is 11.5 Å². The Balaban J connectivity index is 2.52. The third-order valence-electron chi connectivity index (χ3n) is 2.13. The zero-order valence-electron chi connectivity index (χ0n) is 8.93. The van der Waals surface area contributed by atoms with Gasteiger partial charge in [0.2, 0.25) is 0 Å². The lowest BCUT2D eigenvalue weighted by Gasteiger charge is -2.07. The van der Waals surface area contributed by atoms with Crippen molar-refractivity contribution in [2.24, 2.45) is 0 Å². The van der Waals surface area contributed by atoms with Crippen molar-refractivity contribution in [1.29, 1.82) is 0 Å². The maximum absolute atomic E-state index is 5.29. The van der Waals surface area contributed by atoms with Gasteiger partial charge in [0.05, 0.1) is 19.8 Å². The van der Waals surface area contributed by atoms with Crippen molar-refractivity contribution < 1.29 is 9.47 Å². The molecule has 0 saturated carbocycles. The zero-order valence-corrected chi connectivity index (χ0v) is 10.6. The maximum Gasteiger partial charge on any atom is 0.129 e. The lowest BCUT2D eigenvalue weighted by atomic mass is 10.2. The van der Waals surface area contributed by atoms with Gasteiger partial charge in [-0.05, 0) is 18.2 Å². The largest absolute Gasteiger partial charge is 0.497 e. The van der Waals surface area contributed by atoms with E-state index in [1.807, 2.05) is 23.6 Å². The molecule has 0 unspecified atom stereocenters. The standard InChI is InChI=1S/C11H11NO2S2/c1-13-7-3-4-9(14-2)8(5-7)11-12-10(15)6-16-11/h3-6,15H,1-2H3. The molecule has 3 nitrogen and oxygen atoms in total. The Morgan fingerprint density at radius 2 is 2.06 bits per heavy atom. The van der Waals surface area contributed by atoms with Gasteiger partial charge in [0, 0.05) is 5.38 Å². The third kappa shape index (κ3) is 2.15. The first kappa shape index (κ1) is 11.3. The molecule has 84 valence electrons. The van der Waals surface area contributed by atoms with E-state index in [-0.39, 0.29) is 0 Å². The average molecular weight is 253 g/mol. The van der Waals surface area contributed by atoms with Gasteiger partial charge in [-0.25, -0.2) is 4.98 Å². The summed E-state index contributed by atoms with van der Waals surface area (Å²) in [7, 11) is 3.28. The monoisotopic (exact) mass is 253 g/mol. The number of methoxy groups -OCH3 is 2. The number of hydrogen-bond donors (Lipinski definition) is 1. The number of aromatic nitrogens is 1. The summed E-state index contributed by atoms with van der Waals surface area (Å²) >= 11 is 5.72. The summed E-state index contributed by atoms with van der Waals surface area (Å²) in [6, 6.07) is 5.64. The Morgan fingerprint density at radius 3 is 2.62 bits per heavy atom. The number of ether oxygens (including phenoxy) is 2. The quantitative estimate of drug-likeness (QED) is 0.853. The van der Waals surface area contributed by atoms with Gasteiger partial charge >= 0.3 is 0 Å². The second-order valence-electron chi connectivity index (χ2n) is 3.08. The van der Waals surface area contributed by atoms with Crippen LogP contribution in [-0.2, 0) is 0 Å². The molecule has 0 aliphatic heterocycles. The molecule has 0 aliphatic rings. The second-order valence-corrected chi connectivity index (χ2v) is 4.39. The van der Waals surface area contributed by atoms with Gasteiger partial charge < -0.3 is 9.47 Å². The molecule has 0 saturated heterocycles. The minimum atomic E-state index is 0.713. The van der Waals surface area contributed by atoms with Crippen LogP contribution < -0.4 is 9.47 Å². The van der Waals surface area contributed by atoms with Crippen molar-refractivity contribution in [3.8, 4) is 22.1 Å². The van der Waals surface area contributed by atoms with E-state index < -0.39 is 0 Å². The molecule has 0 aliphatic carbocycles. The van der Waals surface area contributed by atoms with Gasteiger partial charge in [-0.3, -0.25) is 0 Å². The third-order valence-corrected chi connectivity index (χ3v) is 3.41. The Hall–Kier alpha value is -1.20. The molecular formula is C11H11NO2S2. The topological polar surface area (TPSA) is 31.4 Å². The summed E-state index contributed by atoms with van der Waals surface area (Å²) in [6.07, 6.45) is 0. The minimum absolute atomic E-state index is 0.713. The van der Waals surface area contributed by atoms with E-state index in [1.54, 1.807) is 14.2 Å². The van der Waals surface area contributed by atoms with Gasteiger partial charge in [0.25, 0.3) is 0 Å². The van der Waals surface area contributed by atoms with Gasteiger partial charge in [-0.15, -0.1) is 24.0 Å². The first-order valence-electron chi connectivity index (χ1n) is 4.61. The first-order chi connectivity index (χ1) is 7.74. The SMILES string of the molecule is COc1ccc(OC)c(-c2nc(S)cs2)c1. The van der Waals surface area contributed by atoms with Gasteiger partial charge in [-0.2, -0.15) is 0 Å². The fraction of sp³-hybridized carbons (Fsp3) is 0.182. The fourth-order valence-corrected chi connectivity index (χ4v) is 2.40. The highest BCUT2D eigenvalue weighted by Crippen LogP contribution is 2.35. The minimum Gasteiger partial charge on any atom is -0.497 e. The predicted octanol–water partition coefficient (Wildman–Crippen LogP) is 3.12. The van der Waals surface area contributed by atoms with Crippen molar-refractivity contribution in [2.75, 3.05) is 14.2 Å². The number of benzene rings is 1. The van der Waals surface area contributed by atoms with Crippen LogP contribution in [0.15, 0.2) is 28.6 Å². The second kappa shape index (κ2) is 4.76. The van der Waals surface area contributed by atoms with Crippen LogP contribution in [-0.4, -0.2) is 19.2 Å². The molecule has 0 amide bonds. The van der Waals surface area contributed by atoms with Crippen molar-refractivity contribution in [1.82, 2.24) is 4.98 Å². The Bertz CT molecular complexity index is 496. The summed E-state index contributed by atoms with van der Waals surface area (Å²) < 4.78 is 10.5. The van der Waals surface area contributed by atoms with Gasteiger partial charge in [0.1, 0.15) is 21.5 Å². The highest BCUT2D eigenvalue weighted by Gasteiger charge is 2.10. The molecule has 1 heterocycles. The first-order valence-corrected chi connectivity index (χ1v) is 5.94. The van der Waals surface area contributed by atoms with Crippen LogP contribution >= 0.6 is 24.0 Å². The fourth-order valence-electron chi connectivity index (χ4n) is 1.37. The summed E-state index contributed by atoms with van der Waals surface area (Å²) in [5, 5.41) is 3.47. The van der Waals surface area contributed by atoms with Crippen molar-refractivity contribution >= 4 is 24.0 Å². The molecule has 0 spiro atoms. The lowest BCUT2D eigenvalue weighted by Crippen LogP contribution is -1.89. The molecule has 2 aromatic rings. The van der Waals surface area contributed by atoms with Crippen molar-refractivity contribution in [2.45, 2.75) is 5.03 Å². The van der Waals surface area contributed by atoms with Gasteiger partial charge in [0.15, 0.2) is 0 Å². The number of thiol groups is 1. The number of hydrogen-bond acceptors (Lipinski definition) is 5. The summed E-state index contributed by atoms with van der Waals surface area (Å²) in [5.41, 5.74) is 0.923. The molecule has 1 aromatic heterocycles. The van der Waals surface area contributed by atoms with Crippen LogP contribution in [0.4, 0.5) is 0 Å². The summed E-state index contributed by atoms with van der Waals surface area (Å²) in [4.78, 5) is 4.31. The molecule has 0 N–H and O–H groups in total. The molecular weight excluding hydrogens is 242 g/mol. The molecule has 16 heavy (non-hydrogen) atoms. The van der Waals surface area contributed by atoms with E-state index in [4.69, 9.17) is 9.47 Å². The molecule has 0 fully saturated rings. The van der Waals surface area contributed by atoms with E-state index >= 15 is 0 Å². The van der Waals surface area contributed by atoms with Crippen LogP contribution in [0, 0.1) is 0 Å². The molecule has 0 radical (unpaired) electrons. The smallest absolute Gasteiger partial charge is 0.129 e. The predicted molar refractivity (Wildman–Crippen MR) is 67.9 cm³/mol. The molecule has 0 atom stereocenters. The van der Waals surface area contributed by atoms with E-state index in [1.165, 1.54) is 11.3 Å². The van der Waals surface area contributed by atoms with E-state index in [2.05, 4.69) is 17.6 Å². The number of rotatable bonds is 3. The summed E-state index contributed by atoms with van der Waals surface area (Å²) in [6.45, 7) is 0. The Labute approximate surface area is 103 Å². The van der Waals surface area contributed by atoms with E-state index in [0.717, 1.165) is 22.1 Å². The van der Waals surface area contributed by atoms with Crippen LogP contribution in [0.25, 0.3) is 10.6 Å². The van der Waals surface area contributed by atoms with E-state index in [0.29, 0.717) is 5.03 Å². The summed E-state index contributed by atoms with van der Waals surface area (Å²) in [5.74, 6) is 1.56. The Kier molecular flexibility index (Phi) is 3.36. The zero-order chi connectivity index (χ0) is 11.5. The highest BCUT2D eigenvalue weighted by molar-refractivity contribution is 7.80. The van der Waals surface area contributed by atoms with Gasteiger partial charge in [-0.1, -0.05) is 0 Å². The Morgan fingerprint density at radius 1 is 1.25 bits per heavy atom.